The first-order chi connectivity index (χ1) is 16.5. The highest BCUT2D eigenvalue weighted by atomic mass is 35.5. The van der Waals surface area contributed by atoms with Crippen LogP contribution in [0.1, 0.15) is 66.9 Å². The van der Waals surface area contributed by atoms with E-state index in [0.29, 0.717) is 22.9 Å². The number of unbranched alkanes of at least 4 members (excludes halogenated alkanes) is 1. The highest BCUT2D eigenvalue weighted by Gasteiger charge is 2.41. The summed E-state index contributed by atoms with van der Waals surface area (Å²) in [5.41, 5.74) is 2.54. The van der Waals surface area contributed by atoms with Crippen LogP contribution in [0.3, 0.4) is 0 Å². The summed E-state index contributed by atoms with van der Waals surface area (Å²) < 4.78 is 6.23. The third-order valence-corrected chi connectivity index (χ3v) is 6.99. The third-order valence-electron chi connectivity index (χ3n) is 6.73. The van der Waals surface area contributed by atoms with E-state index in [0.717, 1.165) is 56.2 Å². The number of halogens is 1. The van der Waals surface area contributed by atoms with Crippen molar-refractivity contribution in [2.45, 2.75) is 64.1 Å². The van der Waals surface area contributed by atoms with E-state index < -0.39 is 0 Å². The van der Waals surface area contributed by atoms with Crippen LogP contribution in [0.2, 0.25) is 5.02 Å². The minimum absolute atomic E-state index is 0.0110. The van der Waals surface area contributed by atoms with Crippen LogP contribution in [-0.4, -0.2) is 47.4 Å². The Hall–Kier alpha value is -2.79. The van der Waals surface area contributed by atoms with Crippen LogP contribution in [0, 0.1) is 0 Å². The number of amides is 2. The molecule has 1 aliphatic carbocycles. The molecule has 180 valence electrons. The van der Waals surface area contributed by atoms with Gasteiger partial charge in [0.25, 0.3) is 11.8 Å². The Morgan fingerprint density at radius 1 is 1.12 bits per heavy atom. The molecule has 2 unspecified atom stereocenters. The number of benzene rings is 2. The van der Waals surface area contributed by atoms with E-state index in [1.807, 2.05) is 60.5 Å². The van der Waals surface area contributed by atoms with Gasteiger partial charge in [-0.3, -0.25) is 9.59 Å². The number of fused-ring (bicyclic) bond motifs is 1. The lowest BCUT2D eigenvalue weighted by Gasteiger charge is -2.44. The van der Waals surface area contributed by atoms with Gasteiger partial charge in [-0.25, -0.2) is 0 Å². The lowest BCUT2D eigenvalue weighted by atomic mass is 9.89. The summed E-state index contributed by atoms with van der Waals surface area (Å²) in [4.78, 5) is 29.8. The molecule has 6 heteroatoms. The Morgan fingerprint density at radius 2 is 1.82 bits per heavy atom. The van der Waals surface area contributed by atoms with Crippen LogP contribution < -0.4 is 0 Å². The van der Waals surface area contributed by atoms with E-state index in [9.17, 15) is 9.59 Å². The Kier molecular flexibility index (Phi) is 7.94. The number of hydrogen-bond donors (Lipinski definition) is 0. The van der Waals surface area contributed by atoms with Crippen molar-refractivity contribution in [3.63, 3.8) is 0 Å². The van der Waals surface area contributed by atoms with Gasteiger partial charge in [0.05, 0.1) is 6.04 Å². The molecular formula is C28H33ClN2O3. The van der Waals surface area contributed by atoms with Crippen LogP contribution in [-0.2, 0) is 16.1 Å². The molecular weight excluding hydrogens is 448 g/mol. The molecule has 2 atom stereocenters. The van der Waals surface area contributed by atoms with Gasteiger partial charge in [-0.15, -0.1) is 0 Å². The summed E-state index contributed by atoms with van der Waals surface area (Å²) in [6.45, 7) is 3.40. The summed E-state index contributed by atoms with van der Waals surface area (Å²) >= 11 is 6.04. The molecule has 5 nitrogen and oxygen atoms in total. The minimum atomic E-state index is -0.0856. The zero-order valence-electron chi connectivity index (χ0n) is 20.0. The third kappa shape index (κ3) is 5.64. The predicted molar refractivity (Wildman–Crippen MR) is 135 cm³/mol. The van der Waals surface area contributed by atoms with Gasteiger partial charge in [0.1, 0.15) is 6.10 Å². The van der Waals surface area contributed by atoms with E-state index >= 15 is 0 Å². The summed E-state index contributed by atoms with van der Waals surface area (Å²) in [5, 5.41) is 0.687. The smallest absolute Gasteiger partial charge is 0.289 e. The molecule has 1 heterocycles. The maximum absolute atomic E-state index is 13.5. The first-order valence-electron chi connectivity index (χ1n) is 12.3. The van der Waals surface area contributed by atoms with Crippen molar-refractivity contribution in [1.29, 1.82) is 0 Å². The van der Waals surface area contributed by atoms with Gasteiger partial charge in [0.15, 0.2) is 5.76 Å². The van der Waals surface area contributed by atoms with Crippen molar-refractivity contribution in [2.24, 2.45) is 0 Å². The Balaban J connectivity index is 1.53. The summed E-state index contributed by atoms with van der Waals surface area (Å²) in [6.07, 6.45) is 7.98. The summed E-state index contributed by atoms with van der Waals surface area (Å²) in [6, 6.07) is 15.1. The van der Waals surface area contributed by atoms with Crippen LogP contribution in [0.5, 0.6) is 0 Å². The fraction of sp³-hybridized carbons (Fsp3) is 0.429. The van der Waals surface area contributed by atoms with Crippen molar-refractivity contribution in [2.75, 3.05) is 13.6 Å². The van der Waals surface area contributed by atoms with Crippen molar-refractivity contribution < 1.29 is 14.3 Å². The van der Waals surface area contributed by atoms with Gasteiger partial charge in [-0.05, 0) is 67.2 Å². The van der Waals surface area contributed by atoms with E-state index in [-0.39, 0.29) is 24.0 Å². The van der Waals surface area contributed by atoms with Crippen molar-refractivity contribution in [3.8, 4) is 0 Å². The second kappa shape index (κ2) is 11.1. The van der Waals surface area contributed by atoms with Gasteiger partial charge in [0, 0.05) is 30.7 Å². The molecule has 0 spiro atoms. The van der Waals surface area contributed by atoms with Crippen molar-refractivity contribution >= 4 is 29.5 Å². The number of carbonyl (C=O) groups excluding carboxylic acids is 2. The second-order valence-electron chi connectivity index (χ2n) is 9.28. The summed E-state index contributed by atoms with van der Waals surface area (Å²) in [7, 11) is 1.83. The fourth-order valence-electron chi connectivity index (χ4n) is 4.74. The topological polar surface area (TPSA) is 49.9 Å². The number of morpholine rings is 1. The molecule has 2 fully saturated rings. The molecule has 2 amide bonds. The van der Waals surface area contributed by atoms with Gasteiger partial charge >= 0.3 is 0 Å². The van der Waals surface area contributed by atoms with Gasteiger partial charge in [-0.2, -0.15) is 0 Å². The van der Waals surface area contributed by atoms with Crippen LogP contribution in [0.4, 0.5) is 0 Å². The maximum atomic E-state index is 13.5. The largest absolute Gasteiger partial charge is 0.482 e. The average Bonchev–Trinajstić information content (AvgIpc) is 2.86. The minimum Gasteiger partial charge on any atom is -0.482 e. The number of rotatable bonds is 7. The highest BCUT2D eigenvalue weighted by Crippen LogP contribution is 2.34. The molecule has 4 rings (SSSR count). The van der Waals surface area contributed by atoms with Gasteiger partial charge in [0.2, 0.25) is 0 Å². The molecule has 1 saturated carbocycles. The second-order valence-corrected chi connectivity index (χ2v) is 9.71. The highest BCUT2D eigenvalue weighted by molar-refractivity contribution is 6.30. The SMILES string of the molecule is CCCCN(C)C(=O)c1ccc(/C=C2\OC3CCCCC3N(Cc3ccc(Cl)cc3)C2=O)cc1. The quantitative estimate of drug-likeness (QED) is 0.462. The predicted octanol–water partition coefficient (Wildman–Crippen LogP) is 5.92. The fourth-order valence-corrected chi connectivity index (χ4v) is 4.86. The molecule has 2 aromatic rings. The molecule has 0 bridgehead atoms. The Bertz CT molecular complexity index is 1030. The lowest BCUT2D eigenvalue weighted by molar-refractivity contribution is -0.149. The molecule has 1 aliphatic heterocycles. The molecule has 0 N–H and O–H groups in total. The number of hydrogen-bond acceptors (Lipinski definition) is 3. The molecule has 1 saturated heterocycles. The number of ether oxygens (including phenoxy) is 1. The van der Waals surface area contributed by atoms with E-state index in [2.05, 4.69) is 6.92 Å². The van der Waals surface area contributed by atoms with E-state index in [1.54, 1.807) is 11.0 Å². The molecule has 0 radical (unpaired) electrons. The van der Waals surface area contributed by atoms with E-state index in [4.69, 9.17) is 16.3 Å². The Labute approximate surface area is 207 Å². The zero-order valence-corrected chi connectivity index (χ0v) is 20.8. The van der Waals surface area contributed by atoms with Crippen LogP contribution >= 0.6 is 11.6 Å². The zero-order chi connectivity index (χ0) is 24.1. The van der Waals surface area contributed by atoms with Crippen LogP contribution in [0.15, 0.2) is 54.3 Å². The summed E-state index contributed by atoms with van der Waals surface area (Å²) in [5.74, 6) is 0.297. The number of nitrogens with zero attached hydrogens (tertiary/aromatic N) is 2. The first-order valence-corrected chi connectivity index (χ1v) is 12.6. The standard InChI is InChI=1S/C28H33ClN2O3/c1-3-4-17-30(2)27(32)22-13-9-20(10-14-22)18-26-28(33)31(19-21-11-15-23(29)16-12-21)24-7-5-6-8-25(24)34-26/h9-16,18,24-25H,3-8,17,19H2,1-2H3/b26-18-. The molecule has 2 aliphatic rings. The molecule has 2 aromatic carbocycles. The monoisotopic (exact) mass is 480 g/mol. The van der Waals surface area contributed by atoms with Gasteiger partial charge in [-0.1, -0.05) is 55.6 Å². The van der Waals surface area contributed by atoms with Crippen LogP contribution in [0.25, 0.3) is 6.08 Å². The Morgan fingerprint density at radius 3 is 2.53 bits per heavy atom. The molecule has 0 aromatic heterocycles. The number of carbonyl (C=O) groups is 2. The first kappa shape index (κ1) is 24.3. The normalized spacial score (nSPS) is 21.2. The molecule has 34 heavy (non-hydrogen) atoms. The van der Waals surface area contributed by atoms with E-state index in [1.165, 1.54) is 0 Å². The average molecular weight is 481 g/mol. The van der Waals surface area contributed by atoms with Crippen molar-refractivity contribution in [3.05, 3.63) is 76.0 Å². The maximum Gasteiger partial charge on any atom is 0.289 e. The van der Waals surface area contributed by atoms with Crippen molar-refractivity contribution in [1.82, 2.24) is 9.80 Å². The lowest BCUT2D eigenvalue weighted by Crippen LogP contribution is -2.54. The van der Waals surface area contributed by atoms with Gasteiger partial charge < -0.3 is 14.5 Å².